The number of rotatable bonds is 1. The Morgan fingerprint density at radius 3 is 3.11 bits per heavy atom. The van der Waals surface area contributed by atoms with Gasteiger partial charge in [0.2, 0.25) is 5.91 Å². The van der Waals surface area contributed by atoms with E-state index in [1.54, 1.807) is 7.11 Å². The Balaban J connectivity index is 2.04. The topological polar surface area (TPSA) is 58.6 Å². The standard InChI is InChI=1S/C13H16N2O3S/c1-18-10-2-3-11-12(7-10)15-4-5-19(17)8-9(15)6-13(16)14-11/h2-3,7,9H,4-6,8H2,1H3,(H,14,16). The van der Waals surface area contributed by atoms with Gasteiger partial charge in [0.25, 0.3) is 0 Å². The van der Waals surface area contributed by atoms with E-state index in [0.29, 0.717) is 24.5 Å². The number of hydrogen-bond donors (Lipinski definition) is 1. The predicted octanol–water partition coefficient (Wildman–Crippen LogP) is 0.975. The first-order valence-electron chi connectivity index (χ1n) is 6.27. The van der Waals surface area contributed by atoms with Gasteiger partial charge in [0.05, 0.1) is 18.5 Å². The molecule has 0 saturated carbocycles. The zero-order valence-electron chi connectivity index (χ0n) is 10.7. The van der Waals surface area contributed by atoms with Crippen molar-refractivity contribution >= 4 is 28.1 Å². The molecule has 2 atom stereocenters. The number of methoxy groups -OCH3 is 1. The first-order chi connectivity index (χ1) is 9.17. The number of carbonyl (C=O) groups excluding carboxylic acids is 1. The van der Waals surface area contributed by atoms with Crippen molar-refractivity contribution in [2.24, 2.45) is 0 Å². The van der Waals surface area contributed by atoms with Gasteiger partial charge in [-0.2, -0.15) is 0 Å². The zero-order chi connectivity index (χ0) is 13.4. The lowest BCUT2D eigenvalue weighted by Crippen LogP contribution is -2.47. The molecule has 1 amide bonds. The smallest absolute Gasteiger partial charge is 0.226 e. The maximum Gasteiger partial charge on any atom is 0.226 e. The van der Waals surface area contributed by atoms with Crippen LogP contribution in [0.15, 0.2) is 18.2 Å². The maximum absolute atomic E-state index is 11.9. The second kappa shape index (κ2) is 4.85. The van der Waals surface area contributed by atoms with E-state index in [4.69, 9.17) is 4.74 Å². The number of fused-ring (bicyclic) bond motifs is 3. The van der Waals surface area contributed by atoms with Gasteiger partial charge in [0.15, 0.2) is 0 Å². The highest BCUT2D eigenvalue weighted by atomic mass is 32.2. The van der Waals surface area contributed by atoms with Gasteiger partial charge in [-0.3, -0.25) is 9.00 Å². The van der Waals surface area contributed by atoms with Crippen molar-refractivity contribution in [1.82, 2.24) is 0 Å². The molecule has 1 aromatic rings. The molecule has 1 N–H and O–H groups in total. The van der Waals surface area contributed by atoms with Crippen molar-refractivity contribution in [2.75, 3.05) is 35.4 Å². The second-order valence-corrected chi connectivity index (χ2v) is 6.41. The van der Waals surface area contributed by atoms with Crippen molar-refractivity contribution in [3.05, 3.63) is 18.2 Å². The third-order valence-corrected chi connectivity index (χ3v) is 4.98. The number of amides is 1. The number of carbonyl (C=O) groups is 1. The summed E-state index contributed by atoms with van der Waals surface area (Å²) in [6.45, 7) is 0.715. The molecule has 6 heteroatoms. The summed E-state index contributed by atoms with van der Waals surface area (Å²) < 4.78 is 16.9. The number of ether oxygens (including phenoxy) is 1. The molecule has 2 aliphatic rings. The molecule has 0 bridgehead atoms. The van der Waals surface area contributed by atoms with E-state index in [0.717, 1.165) is 17.1 Å². The zero-order valence-corrected chi connectivity index (χ0v) is 11.5. The van der Waals surface area contributed by atoms with E-state index < -0.39 is 10.8 Å². The van der Waals surface area contributed by atoms with Crippen LogP contribution in [0.25, 0.3) is 0 Å². The summed E-state index contributed by atoms with van der Waals surface area (Å²) >= 11 is 0. The minimum Gasteiger partial charge on any atom is -0.497 e. The van der Waals surface area contributed by atoms with E-state index in [9.17, 15) is 9.00 Å². The Morgan fingerprint density at radius 2 is 2.32 bits per heavy atom. The van der Waals surface area contributed by atoms with Crippen molar-refractivity contribution in [3.63, 3.8) is 0 Å². The minimum absolute atomic E-state index is 0.0159. The highest BCUT2D eigenvalue weighted by molar-refractivity contribution is 7.85. The summed E-state index contributed by atoms with van der Waals surface area (Å²) in [5.74, 6) is 1.96. The third kappa shape index (κ3) is 2.32. The average molecular weight is 280 g/mol. The summed E-state index contributed by atoms with van der Waals surface area (Å²) in [7, 11) is 0.807. The molecule has 5 nitrogen and oxygen atoms in total. The summed E-state index contributed by atoms with van der Waals surface area (Å²) in [5, 5.41) is 2.91. The SMILES string of the molecule is COc1ccc2c(c1)N1CCS(=O)CC1CC(=O)N2. The molecule has 102 valence electrons. The predicted molar refractivity (Wildman–Crippen MR) is 75.3 cm³/mol. The molecule has 0 spiro atoms. The Hall–Kier alpha value is -1.56. The van der Waals surface area contributed by atoms with Gasteiger partial charge >= 0.3 is 0 Å². The molecule has 0 aromatic heterocycles. The first-order valence-corrected chi connectivity index (χ1v) is 7.75. The van der Waals surface area contributed by atoms with E-state index in [1.165, 1.54) is 0 Å². The van der Waals surface area contributed by atoms with Crippen LogP contribution in [-0.2, 0) is 15.6 Å². The molecule has 1 aromatic carbocycles. The molecule has 2 heterocycles. The van der Waals surface area contributed by atoms with E-state index in [1.807, 2.05) is 18.2 Å². The van der Waals surface area contributed by atoms with Crippen LogP contribution in [-0.4, -0.2) is 41.3 Å². The van der Waals surface area contributed by atoms with Crippen LogP contribution in [0.1, 0.15) is 6.42 Å². The van der Waals surface area contributed by atoms with Gasteiger partial charge in [-0.15, -0.1) is 0 Å². The fourth-order valence-electron chi connectivity index (χ4n) is 2.65. The summed E-state index contributed by atoms with van der Waals surface area (Å²) in [4.78, 5) is 14.1. The minimum atomic E-state index is -0.818. The molecule has 0 radical (unpaired) electrons. The van der Waals surface area contributed by atoms with Crippen LogP contribution in [0.5, 0.6) is 5.75 Å². The van der Waals surface area contributed by atoms with Crippen LogP contribution < -0.4 is 15.0 Å². The fraction of sp³-hybridized carbons (Fsp3) is 0.462. The largest absolute Gasteiger partial charge is 0.497 e. The highest BCUT2D eigenvalue weighted by Crippen LogP contribution is 2.35. The van der Waals surface area contributed by atoms with Crippen molar-refractivity contribution in [3.8, 4) is 5.75 Å². The molecule has 1 saturated heterocycles. The Morgan fingerprint density at radius 1 is 1.47 bits per heavy atom. The molecular weight excluding hydrogens is 264 g/mol. The normalized spacial score (nSPS) is 25.9. The van der Waals surface area contributed by atoms with Crippen LogP contribution >= 0.6 is 0 Å². The molecule has 19 heavy (non-hydrogen) atoms. The Kier molecular flexibility index (Phi) is 3.18. The number of anilines is 2. The van der Waals surface area contributed by atoms with E-state index in [2.05, 4.69) is 10.2 Å². The summed E-state index contributed by atoms with van der Waals surface area (Å²) in [6.07, 6.45) is 0.392. The van der Waals surface area contributed by atoms with Crippen molar-refractivity contribution < 1.29 is 13.7 Å². The van der Waals surface area contributed by atoms with Gasteiger partial charge in [-0.1, -0.05) is 0 Å². The van der Waals surface area contributed by atoms with E-state index >= 15 is 0 Å². The van der Waals surface area contributed by atoms with Gasteiger partial charge in [0, 0.05) is 47.4 Å². The number of nitrogens with one attached hydrogen (secondary N) is 1. The number of benzene rings is 1. The second-order valence-electron chi connectivity index (χ2n) is 4.79. The summed E-state index contributed by atoms with van der Waals surface area (Å²) in [5.41, 5.74) is 1.77. The van der Waals surface area contributed by atoms with Crippen molar-refractivity contribution in [2.45, 2.75) is 12.5 Å². The van der Waals surface area contributed by atoms with Gasteiger partial charge in [-0.25, -0.2) is 0 Å². The molecule has 1 fully saturated rings. The van der Waals surface area contributed by atoms with Crippen LogP contribution in [0.3, 0.4) is 0 Å². The lowest BCUT2D eigenvalue weighted by atomic mass is 10.1. The first kappa shape index (κ1) is 12.5. The van der Waals surface area contributed by atoms with Crippen LogP contribution in [0, 0.1) is 0 Å². The number of nitrogens with zero attached hydrogens (tertiary/aromatic N) is 1. The van der Waals surface area contributed by atoms with E-state index in [-0.39, 0.29) is 11.9 Å². The average Bonchev–Trinajstić information content (AvgIpc) is 2.52. The molecular formula is C13H16N2O3S. The van der Waals surface area contributed by atoms with Crippen LogP contribution in [0.2, 0.25) is 0 Å². The maximum atomic E-state index is 11.9. The fourth-order valence-corrected chi connectivity index (χ4v) is 3.95. The number of hydrogen-bond acceptors (Lipinski definition) is 4. The van der Waals surface area contributed by atoms with Gasteiger partial charge in [0.1, 0.15) is 5.75 Å². The quantitative estimate of drug-likeness (QED) is 0.833. The molecule has 2 aliphatic heterocycles. The monoisotopic (exact) mass is 280 g/mol. The van der Waals surface area contributed by atoms with Crippen molar-refractivity contribution in [1.29, 1.82) is 0 Å². The summed E-state index contributed by atoms with van der Waals surface area (Å²) in [6, 6.07) is 5.65. The molecule has 3 rings (SSSR count). The Labute approximate surface area is 114 Å². The molecule has 0 aliphatic carbocycles. The Bertz CT molecular complexity index is 547. The van der Waals surface area contributed by atoms with Gasteiger partial charge < -0.3 is 15.0 Å². The lowest BCUT2D eigenvalue weighted by molar-refractivity contribution is -0.116. The highest BCUT2D eigenvalue weighted by Gasteiger charge is 2.32. The van der Waals surface area contributed by atoms with Crippen LogP contribution in [0.4, 0.5) is 11.4 Å². The molecule has 2 unspecified atom stereocenters. The third-order valence-electron chi connectivity index (χ3n) is 3.59. The van der Waals surface area contributed by atoms with Gasteiger partial charge in [-0.05, 0) is 12.1 Å². The lowest BCUT2D eigenvalue weighted by Gasteiger charge is -2.35.